The number of imide groups is 2. The molecule has 4 aromatic carbocycles. The Bertz CT molecular complexity index is 3290. The molecule has 0 radical (unpaired) electrons. The summed E-state index contributed by atoms with van der Waals surface area (Å²) in [6.07, 6.45) is 10.1. The van der Waals surface area contributed by atoms with Gasteiger partial charge in [0.1, 0.15) is 24.8 Å². The van der Waals surface area contributed by atoms with E-state index >= 15 is 0 Å². The van der Waals surface area contributed by atoms with E-state index < -0.39 is 30.9 Å². The molecule has 77 heavy (non-hydrogen) atoms. The highest BCUT2D eigenvalue weighted by Gasteiger charge is 2.45. The van der Waals surface area contributed by atoms with E-state index in [-0.39, 0.29) is 18.7 Å². The first kappa shape index (κ1) is 52.3. The molecule has 18 nitrogen and oxygen atoms in total. The van der Waals surface area contributed by atoms with Crippen LogP contribution in [0.4, 0.5) is 28.8 Å². The van der Waals surface area contributed by atoms with E-state index in [1.807, 2.05) is 78.7 Å². The number of piperidine rings is 3. The normalized spacial score (nSPS) is 19.4. The number of methoxy groups -OCH3 is 1. The highest BCUT2D eigenvalue weighted by Crippen LogP contribution is 2.43. The van der Waals surface area contributed by atoms with Crippen LogP contribution in [-0.4, -0.2) is 154 Å². The summed E-state index contributed by atoms with van der Waals surface area (Å²) in [7, 11) is 0.895. The minimum absolute atomic E-state index is 0.0948. The molecule has 4 amide bonds. The van der Waals surface area contributed by atoms with E-state index in [2.05, 4.69) is 73.7 Å². The first-order chi connectivity index (χ1) is 37.2. The summed E-state index contributed by atoms with van der Waals surface area (Å²) in [5.41, 5.74) is 8.16. The largest absolute Gasteiger partial charge is 0.494 e. The van der Waals surface area contributed by atoms with Crippen LogP contribution in [0.5, 0.6) is 5.75 Å². The summed E-state index contributed by atoms with van der Waals surface area (Å²) < 4.78 is 22.2. The Kier molecular flexibility index (Phi) is 14.9. The maximum atomic E-state index is 13.7. The second-order valence-electron chi connectivity index (χ2n) is 21.2. The van der Waals surface area contributed by atoms with Gasteiger partial charge in [0.05, 0.1) is 40.3 Å². The van der Waals surface area contributed by atoms with E-state index in [9.17, 15) is 23.7 Å². The van der Waals surface area contributed by atoms with Crippen molar-refractivity contribution in [3.63, 3.8) is 0 Å². The standard InChI is InChI=1S/C57H64BrN12O6P/c1-65-35-39(32-60-65)43-30-47(62-57-59-33-45(58)53(64-57)61-46-13-11-38(29-51(46)77(3,4)75)37-8-6-5-7-9-37)50(76-2)31-49(43)69-22-18-41(19-23-69)68-26-24-67(25-27-68)40-16-20-66(21-17-40)34-36-10-12-42-44(28-36)56(74)70(55(42)73)48-14-15-52(71)63-54(48)72/h5-13,28-33,35,40-41,48H,14-27,34H2,1-4H3,(H,63,71,72)(H2,59,61,62,64). The number of nitrogens with one attached hydrogen (secondary N) is 3. The fourth-order valence-corrected chi connectivity index (χ4v) is 13.3. The van der Waals surface area contributed by atoms with Crippen LogP contribution in [0.1, 0.15) is 64.8 Å². The number of fused-ring (bicyclic) bond motifs is 1. The van der Waals surface area contributed by atoms with Crippen molar-refractivity contribution >= 4 is 80.8 Å². The van der Waals surface area contributed by atoms with Gasteiger partial charge in [-0.2, -0.15) is 10.1 Å². The third-order valence-electron chi connectivity index (χ3n) is 15.9. The Morgan fingerprint density at radius 1 is 0.727 bits per heavy atom. The fourth-order valence-electron chi connectivity index (χ4n) is 11.8. The van der Waals surface area contributed by atoms with Gasteiger partial charge in [0.2, 0.25) is 17.8 Å². The molecule has 4 fully saturated rings. The zero-order chi connectivity index (χ0) is 53.5. The second-order valence-corrected chi connectivity index (χ2v) is 25.2. The van der Waals surface area contributed by atoms with Crippen LogP contribution >= 0.6 is 23.1 Å². The number of amides is 4. The minimum atomic E-state index is -2.71. The van der Waals surface area contributed by atoms with Crippen LogP contribution < -0.4 is 30.9 Å². The van der Waals surface area contributed by atoms with E-state index in [1.54, 1.807) is 38.8 Å². The Morgan fingerprint density at radius 3 is 2.09 bits per heavy atom. The van der Waals surface area contributed by atoms with Gasteiger partial charge in [0.25, 0.3) is 11.8 Å². The Hall–Kier alpha value is -6.76. The van der Waals surface area contributed by atoms with Gasteiger partial charge in [-0.3, -0.25) is 48.8 Å². The number of anilines is 5. The molecule has 5 aliphatic heterocycles. The summed E-state index contributed by atoms with van der Waals surface area (Å²) in [5.74, 6) is -0.394. The zero-order valence-electron chi connectivity index (χ0n) is 43.9. The third-order valence-corrected chi connectivity index (χ3v) is 18.0. The number of hydrogen-bond acceptors (Lipinski definition) is 15. The quantitative estimate of drug-likeness (QED) is 0.0710. The van der Waals surface area contributed by atoms with Gasteiger partial charge in [0.15, 0.2) is 0 Å². The lowest BCUT2D eigenvalue weighted by atomic mass is 9.97. The molecule has 20 heteroatoms. The number of aryl methyl sites for hydroxylation is 1. The van der Waals surface area contributed by atoms with E-state index in [1.165, 1.54) is 0 Å². The van der Waals surface area contributed by atoms with Crippen molar-refractivity contribution in [3.05, 3.63) is 119 Å². The van der Waals surface area contributed by atoms with Crippen LogP contribution in [0.25, 0.3) is 22.3 Å². The lowest BCUT2D eigenvalue weighted by Gasteiger charge is -2.46. The lowest BCUT2D eigenvalue weighted by molar-refractivity contribution is -0.136. The molecule has 0 aliphatic carbocycles. The minimum Gasteiger partial charge on any atom is -0.494 e. The number of carbonyl (C=O) groups excluding carboxylic acids is 4. The molecule has 7 heterocycles. The van der Waals surface area contributed by atoms with Crippen molar-refractivity contribution in [3.8, 4) is 28.0 Å². The predicted octanol–water partition coefficient (Wildman–Crippen LogP) is 7.70. The van der Waals surface area contributed by atoms with E-state index in [4.69, 9.17) is 9.72 Å². The average molecular weight is 1120 g/mol. The van der Waals surface area contributed by atoms with Crippen LogP contribution in [0.3, 0.4) is 0 Å². The molecule has 4 saturated heterocycles. The predicted molar refractivity (Wildman–Crippen MR) is 302 cm³/mol. The smallest absolute Gasteiger partial charge is 0.262 e. The van der Waals surface area contributed by atoms with Gasteiger partial charge in [-0.1, -0.05) is 42.5 Å². The van der Waals surface area contributed by atoms with Gasteiger partial charge in [-0.15, -0.1) is 0 Å². The highest BCUT2D eigenvalue weighted by molar-refractivity contribution is 9.10. The van der Waals surface area contributed by atoms with Crippen LogP contribution in [0, 0.1) is 0 Å². The lowest BCUT2D eigenvalue weighted by Crippen LogP contribution is -2.56. The maximum Gasteiger partial charge on any atom is 0.262 e. The Balaban J connectivity index is 0.701. The molecule has 5 aliphatic rings. The second kappa shape index (κ2) is 21.9. The fraction of sp³-hybridized carbons (Fsp3) is 0.386. The molecule has 6 aromatic rings. The molecular formula is C57H64BrN12O6P. The number of piperazine rings is 1. The van der Waals surface area contributed by atoms with Crippen LogP contribution in [0.2, 0.25) is 0 Å². The first-order valence-corrected chi connectivity index (χ1v) is 29.9. The number of hydrogen-bond donors (Lipinski definition) is 3. The summed E-state index contributed by atoms with van der Waals surface area (Å²) in [6.45, 7) is 12.1. The van der Waals surface area contributed by atoms with Crippen molar-refractivity contribution in [1.82, 2.24) is 44.7 Å². The summed E-state index contributed by atoms with van der Waals surface area (Å²) >= 11 is 3.65. The van der Waals surface area contributed by atoms with Gasteiger partial charge in [0, 0.05) is 112 Å². The van der Waals surface area contributed by atoms with Crippen LogP contribution in [0.15, 0.2) is 102 Å². The Morgan fingerprint density at radius 2 is 1.43 bits per heavy atom. The van der Waals surface area contributed by atoms with Crippen molar-refractivity contribution in [1.29, 1.82) is 0 Å². The Labute approximate surface area is 457 Å². The summed E-state index contributed by atoms with van der Waals surface area (Å²) in [6, 6.07) is 25.8. The first-order valence-electron chi connectivity index (χ1n) is 26.5. The third kappa shape index (κ3) is 11.1. The molecule has 1 atom stereocenters. The summed E-state index contributed by atoms with van der Waals surface area (Å²) in [4.78, 5) is 71.7. The van der Waals surface area contributed by atoms with E-state index in [0.29, 0.717) is 63.1 Å². The molecule has 11 rings (SSSR count). The molecule has 0 saturated carbocycles. The summed E-state index contributed by atoms with van der Waals surface area (Å²) in [5, 5.41) is 14.4. The molecule has 400 valence electrons. The molecule has 2 aromatic heterocycles. The van der Waals surface area contributed by atoms with Gasteiger partial charge in [-0.05, 0) is 121 Å². The molecule has 3 N–H and O–H groups in total. The van der Waals surface area contributed by atoms with Crippen molar-refractivity contribution in [2.45, 2.75) is 63.2 Å². The van der Waals surface area contributed by atoms with Gasteiger partial charge < -0.3 is 24.8 Å². The number of halogens is 1. The average Bonchev–Trinajstić information content (AvgIpc) is 4.08. The maximum absolute atomic E-state index is 13.7. The van der Waals surface area contributed by atoms with Gasteiger partial charge >= 0.3 is 0 Å². The topological polar surface area (TPSA) is 190 Å². The number of ether oxygens (including phenoxy) is 1. The number of benzene rings is 4. The van der Waals surface area contributed by atoms with Crippen molar-refractivity contribution in [2.24, 2.45) is 7.05 Å². The number of nitrogens with zero attached hydrogens (tertiary/aromatic N) is 9. The van der Waals surface area contributed by atoms with Crippen LogP contribution in [-0.2, 0) is 27.7 Å². The molecular weight excluding hydrogens is 1060 g/mol. The van der Waals surface area contributed by atoms with Gasteiger partial charge in [-0.25, -0.2) is 4.98 Å². The number of rotatable bonds is 14. The number of likely N-dealkylation sites (tertiary alicyclic amines) is 1. The molecule has 1 unspecified atom stereocenters. The van der Waals surface area contributed by atoms with E-state index in [0.717, 1.165) is 122 Å². The monoisotopic (exact) mass is 1120 g/mol. The highest BCUT2D eigenvalue weighted by atomic mass is 79.9. The SMILES string of the molecule is COc1cc(N2CCC(N3CCN(C4CCN(Cc5ccc6c(c5)C(=O)N(C5CCC(=O)NC5=O)C6=O)CC4)CC3)CC2)c(-c2cnn(C)c2)cc1Nc1ncc(Br)c(Nc2ccc(-c3ccccc3)cc2P(C)(C)=O)n1. The number of aromatic nitrogens is 4. The van der Waals surface area contributed by atoms with Crippen molar-refractivity contribution < 1.29 is 28.5 Å². The molecule has 0 bridgehead atoms. The molecule has 0 spiro atoms. The van der Waals surface area contributed by atoms with Crippen molar-refractivity contribution in [2.75, 3.05) is 88.3 Å². The number of carbonyl (C=O) groups is 4. The zero-order valence-corrected chi connectivity index (χ0v) is 46.4.